The Morgan fingerprint density at radius 3 is 2.46 bits per heavy atom. The second-order valence-electron chi connectivity index (χ2n) is 4.26. The van der Waals surface area contributed by atoms with E-state index in [4.69, 9.17) is 0 Å². The van der Waals surface area contributed by atoms with Gasteiger partial charge in [0.15, 0.2) is 0 Å². The molecule has 0 spiro atoms. The molecule has 0 saturated heterocycles. The Hall–Kier alpha value is 0.190. The fourth-order valence-electron chi connectivity index (χ4n) is 2.21. The van der Waals surface area contributed by atoms with Crippen LogP contribution in [0.25, 0.3) is 0 Å². The first-order valence-corrected chi connectivity index (χ1v) is 7.48. The van der Waals surface area contributed by atoms with Gasteiger partial charge >= 0.3 is 0 Å². The summed E-state index contributed by atoms with van der Waals surface area (Å²) >= 11 is 0. The molecule has 1 saturated carbocycles. The standard InChI is InChI=1S/C10H21O2P/c1-2-8-13(11,12)9-10-6-4-3-5-7-10/h10H,2-9H2,1H3,(H,11,12). The van der Waals surface area contributed by atoms with Gasteiger partial charge in [0.2, 0.25) is 7.37 Å². The Kier molecular flexibility index (Phi) is 4.48. The molecule has 3 heteroatoms. The van der Waals surface area contributed by atoms with Crippen LogP contribution in [0.1, 0.15) is 45.4 Å². The summed E-state index contributed by atoms with van der Waals surface area (Å²) in [5.74, 6) is 0.538. The highest BCUT2D eigenvalue weighted by Crippen LogP contribution is 2.45. The smallest absolute Gasteiger partial charge is 0.200 e. The molecule has 0 bridgehead atoms. The van der Waals surface area contributed by atoms with Crippen LogP contribution in [0.3, 0.4) is 0 Å². The molecule has 1 unspecified atom stereocenters. The molecule has 1 atom stereocenters. The van der Waals surface area contributed by atoms with Crippen LogP contribution in [0.5, 0.6) is 0 Å². The first-order valence-electron chi connectivity index (χ1n) is 5.45. The lowest BCUT2D eigenvalue weighted by Gasteiger charge is -2.23. The summed E-state index contributed by atoms with van der Waals surface area (Å²) in [6, 6.07) is 0. The Morgan fingerprint density at radius 1 is 1.31 bits per heavy atom. The Labute approximate surface area is 81.2 Å². The monoisotopic (exact) mass is 204 g/mol. The van der Waals surface area contributed by atoms with Crippen LogP contribution in [0, 0.1) is 5.92 Å². The third-order valence-electron chi connectivity index (χ3n) is 2.84. The van der Waals surface area contributed by atoms with Crippen LogP contribution in [0.4, 0.5) is 0 Å². The minimum Gasteiger partial charge on any atom is -0.344 e. The van der Waals surface area contributed by atoms with Crippen molar-refractivity contribution in [1.82, 2.24) is 0 Å². The van der Waals surface area contributed by atoms with Crippen LogP contribution in [0.15, 0.2) is 0 Å². The van der Waals surface area contributed by atoms with E-state index in [1.165, 1.54) is 32.1 Å². The van der Waals surface area contributed by atoms with E-state index >= 15 is 0 Å². The quantitative estimate of drug-likeness (QED) is 0.714. The summed E-state index contributed by atoms with van der Waals surface area (Å²) in [4.78, 5) is 9.62. The van der Waals surface area contributed by atoms with Gasteiger partial charge in [-0.05, 0) is 25.2 Å². The van der Waals surface area contributed by atoms with Crippen LogP contribution in [-0.4, -0.2) is 17.2 Å². The maximum atomic E-state index is 11.6. The lowest BCUT2D eigenvalue weighted by atomic mass is 9.91. The van der Waals surface area contributed by atoms with Gasteiger partial charge in [0, 0.05) is 12.3 Å². The summed E-state index contributed by atoms with van der Waals surface area (Å²) < 4.78 is 11.6. The predicted octanol–water partition coefficient (Wildman–Crippen LogP) is 3.25. The summed E-state index contributed by atoms with van der Waals surface area (Å²) in [5, 5.41) is 0. The summed E-state index contributed by atoms with van der Waals surface area (Å²) in [6.07, 6.45) is 8.13. The maximum absolute atomic E-state index is 11.6. The van der Waals surface area contributed by atoms with Crippen LogP contribution < -0.4 is 0 Å². The van der Waals surface area contributed by atoms with Gasteiger partial charge in [0.25, 0.3) is 0 Å². The number of hydrogen-bond acceptors (Lipinski definition) is 1. The van der Waals surface area contributed by atoms with Gasteiger partial charge in [-0.15, -0.1) is 0 Å². The highest BCUT2D eigenvalue weighted by Gasteiger charge is 2.24. The van der Waals surface area contributed by atoms with Gasteiger partial charge in [0.1, 0.15) is 0 Å². The van der Waals surface area contributed by atoms with Gasteiger partial charge in [0.05, 0.1) is 0 Å². The molecule has 0 heterocycles. The van der Waals surface area contributed by atoms with Crippen LogP contribution >= 0.6 is 7.37 Å². The molecule has 1 aliphatic carbocycles. The molecule has 13 heavy (non-hydrogen) atoms. The number of rotatable bonds is 4. The lowest BCUT2D eigenvalue weighted by Crippen LogP contribution is -2.12. The Bertz CT molecular complexity index is 185. The van der Waals surface area contributed by atoms with E-state index in [9.17, 15) is 9.46 Å². The minimum atomic E-state index is -2.76. The molecular weight excluding hydrogens is 183 g/mol. The van der Waals surface area contributed by atoms with E-state index in [1.54, 1.807) is 0 Å². The van der Waals surface area contributed by atoms with Crippen molar-refractivity contribution in [2.24, 2.45) is 5.92 Å². The lowest BCUT2D eigenvalue weighted by molar-refractivity contribution is 0.372. The van der Waals surface area contributed by atoms with Gasteiger partial charge in [-0.1, -0.05) is 26.2 Å². The van der Waals surface area contributed by atoms with Crippen LogP contribution in [-0.2, 0) is 4.57 Å². The van der Waals surface area contributed by atoms with E-state index in [-0.39, 0.29) is 0 Å². The minimum absolute atomic E-state index is 0.517. The van der Waals surface area contributed by atoms with E-state index in [0.29, 0.717) is 18.2 Å². The van der Waals surface area contributed by atoms with Crippen molar-refractivity contribution in [3.8, 4) is 0 Å². The largest absolute Gasteiger partial charge is 0.344 e. The van der Waals surface area contributed by atoms with Gasteiger partial charge in [-0.3, -0.25) is 4.57 Å². The van der Waals surface area contributed by atoms with Crippen molar-refractivity contribution in [1.29, 1.82) is 0 Å². The average molecular weight is 204 g/mol. The fourth-order valence-corrected chi connectivity index (χ4v) is 4.27. The highest BCUT2D eigenvalue weighted by atomic mass is 31.2. The van der Waals surface area contributed by atoms with Crippen molar-refractivity contribution < 1.29 is 9.46 Å². The normalized spacial score (nSPS) is 24.2. The average Bonchev–Trinajstić information content (AvgIpc) is 2.04. The van der Waals surface area contributed by atoms with Crippen molar-refractivity contribution in [2.75, 3.05) is 12.3 Å². The third kappa shape index (κ3) is 4.28. The Balaban J connectivity index is 2.32. The second kappa shape index (κ2) is 5.17. The molecule has 1 N–H and O–H groups in total. The molecule has 1 aliphatic rings. The zero-order chi connectivity index (χ0) is 9.73. The summed E-state index contributed by atoms with van der Waals surface area (Å²) in [7, 11) is -2.76. The second-order valence-corrected chi connectivity index (χ2v) is 6.76. The van der Waals surface area contributed by atoms with E-state index in [1.807, 2.05) is 6.92 Å². The van der Waals surface area contributed by atoms with Crippen molar-refractivity contribution in [3.05, 3.63) is 0 Å². The third-order valence-corrected chi connectivity index (χ3v) is 5.07. The Morgan fingerprint density at radius 2 is 1.92 bits per heavy atom. The molecule has 2 nitrogen and oxygen atoms in total. The van der Waals surface area contributed by atoms with Crippen LogP contribution in [0.2, 0.25) is 0 Å². The molecule has 1 fully saturated rings. The zero-order valence-electron chi connectivity index (χ0n) is 8.54. The van der Waals surface area contributed by atoms with Crippen molar-refractivity contribution in [3.63, 3.8) is 0 Å². The van der Waals surface area contributed by atoms with E-state index in [2.05, 4.69) is 0 Å². The molecule has 0 aromatic heterocycles. The van der Waals surface area contributed by atoms with Crippen molar-refractivity contribution >= 4 is 7.37 Å². The first-order chi connectivity index (χ1) is 6.14. The van der Waals surface area contributed by atoms with Crippen molar-refractivity contribution in [2.45, 2.75) is 45.4 Å². The van der Waals surface area contributed by atoms with Gasteiger partial charge in [-0.2, -0.15) is 0 Å². The van der Waals surface area contributed by atoms with E-state index in [0.717, 1.165) is 6.42 Å². The molecule has 0 aliphatic heterocycles. The molecule has 0 aromatic rings. The van der Waals surface area contributed by atoms with Gasteiger partial charge < -0.3 is 4.89 Å². The maximum Gasteiger partial charge on any atom is 0.200 e. The number of hydrogen-bond donors (Lipinski definition) is 1. The SMILES string of the molecule is CCCP(=O)(O)CC1CCCCC1. The summed E-state index contributed by atoms with van der Waals surface area (Å²) in [6.45, 7) is 1.98. The fraction of sp³-hybridized carbons (Fsp3) is 1.00. The molecule has 0 amide bonds. The first kappa shape index (κ1) is 11.3. The topological polar surface area (TPSA) is 37.3 Å². The predicted molar refractivity (Wildman–Crippen MR) is 56.4 cm³/mol. The molecule has 1 rings (SSSR count). The highest BCUT2D eigenvalue weighted by molar-refractivity contribution is 7.57. The summed E-state index contributed by atoms with van der Waals surface area (Å²) in [5.41, 5.74) is 0. The zero-order valence-corrected chi connectivity index (χ0v) is 9.43. The molecule has 0 radical (unpaired) electrons. The van der Waals surface area contributed by atoms with Gasteiger partial charge in [-0.25, -0.2) is 0 Å². The van der Waals surface area contributed by atoms with E-state index < -0.39 is 7.37 Å². The molecule has 78 valence electrons. The molecule has 0 aromatic carbocycles. The molecular formula is C10H21O2P.